The van der Waals surface area contributed by atoms with Gasteiger partial charge in [-0.15, -0.1) is 11.8 Å². The molecule has 0 radical (unpaired) electrons. The summed E-state index contributed by atoms with van der Waals surface area (Å²) in [5.41, 5.74) is 9.19. The highest BCUT2D eigenvalue weighted by Gasteiger charge is 2.14. The SMILES string of the molecule is Cc1ccc(SCC(=O)NNC(=O)CCC(=O)c2ccc3c(c2)CCCC3)cc1. The van der Waals surface area contributed by atoms with Crippen LogP contribution in [0.1, 0.15) is 52.7 Å². The third-order valence-electron chi connectivity index (χ3n) is 4.98. The molecule has 0 spiro atoms. The molecule has 2 N–H and O–H groups in total. The van der Waals surface area contributed by atoms with Crippen LogP contribution in [0.2, 0.25) is 0 Å². The van der Waals surface area contributed by atoms with Crippen molar-refractivity contribution in [3.05, 3.63) is 64.7 Å². The minimum absolute atomic E-state index is 0.0430. The van der Waals surface area contributed by atoms with Crippen molar-refractivity contribution in [3.63, 3.8) is 0 Å². The van der Waals surface area contributed by atoms with Crippen LogP contribution >= 0.6 is 11.8 Å². The maximum Gasteiger partial charge on any atom is 0.248 e. The number of hydrazine groups is 1. The van der Waals surface area contributed by atoms with E-state index in [9.17, 15) is 14.4 Å². The number of hydrogen-bond acceptors (Lipinski definition) is 4. The minimum atomic E-state index is -0.370. The molecule has 6 heteroatoms. The number of amides is 2. The molecule has 1 aliphatic carbocycles. The second-order valence-electron chi connectivity index (χ2n) is 7.31. The molecule has 0 saturated carbocycles. The Labute approximate surface area is 175 Å². The quantitative estimate of drug-likeness (QED) is 0.414. The molecule has 0 saturated heterocycles. The Morgan fingerprint density at radius 2 is 1.55 bits per heavy atom. The van der Waals surface area contributed by atoms with Gasteiger partial charge in [0, 0.05) is 23.3 Å². The molecule has 0 fully saturated rings. The molecule has 2 aromatic carbocycles. The van der Waals surface area contributed by atoms with E-state index in [4.69, 9.17) is 0 Å². The molecule has 0 heterocycles. The lowest BCUT2D eigenvalue weighted by molar-refractivity contribution is -0.127. The van der Waals surface area contributed by atoms with Gasteiger partial charge >= 0.3 is 0 Å². The van der Waals surface area contributed by atoms with Crippen LogP contribution in [-0.4, -0.2) is 23.4 Å². The molecule has 29 heavy (non-hydrogen) atoms. The summed E-state index contributed by atoms with van der Waals surface area (Å²) in [7, 11) is 0. The van der Waals surface area contributed by atoms with Crippen LogP contribution in [-0.2, 0) is 22.4 Å². The fraction of sp³-hybridized carbons (Fsp3) is 0.348. The summed E-state index contributed by atoms with van der Waals surface area (Å²) in [6, 6.07) is 13.8. The smallest absolute Gasteiger partial charge is 0.248 e. The lowest BCUT2D eigenvalue weighted by atomic mass is 9.89. The molecule has 0 aliphatic heterocycles. The van der Waals surface area contributed by atoms with Crippen molar-refractivity contribution < 1.29 is 14.4 Å². The number of fused-ring (bicyclic) bond motifs is 1. The van der Waals surface area contributed by atoms with E-state index < -0.39 is 0 Å². The molecule has 3 rings (SSSR count). The number of Topliss-reactive ketones (excluding diaryl/α,β-unsaturated/α-hetero) is 1. The first-order chi connectivity index (χ1) is 14.0. The zero-order valence-electron chi connectivity index (χ0n) is 16.6. The number of rotatable bonds is 7. The zero-order chi connectivity index (χ0) is 20.6. The number of carbonyl (C=O) groups is 3. The molecule has 0 bridgehead atoms. The second kappa shape index (κ2) is 10.3. The molecular weight excluding hydrogens is 384 g/mol. The number of carbonyl (C=O) groups excluding carboxylic acids is 3. The predicted octanol–water partition coefficient (Wildman–Crippen LogP) is 3.78. The van der Waals surface area contributed by atoms with Crippen molar-refractivity contribution in [3.8, 4) is 0 Å². The number of hydrogen-bond donors (Lipinski definition) is 2. The minimum Gasteiger partial charge on any atom is -0.294 e. The highest BCUT2D eigenvalue weighted by Crippen LogP contribution is 2.23. The average Bonchev–Trinajstić information content (AvgIpc) is 2.75. The summed E-state index contributed by atoms with van der Waals surface area (Å²) in [5, 5.41) is 0. The lowest BCUT2D eigenvalue weighted by Gasteiger charge is -2.16. The summed E-state index contributed by atoms with van der Waals surface area (Å²) >= 11 is 1.40. The summed E-state index contributed by atoms with van der Waals surface area (Å²) in [6.45, 7) is 2.01. The van der Waals surface area contributed by atoms with Crippen LogP contribution in [0.3, 0.4) is 0 Å². The largest absolute Gasteiger partial charge is 0.294 e. The molecule has 0 unspecified atom stereocenters. The van der Waals surface area contributed by atoms with E-state index in [0.717, 1.165) is 29.7 Å². The van der Waals surface area contributed by atoms with Crippen LogP contribution in [0.15, 0.2) is 47.4 Å². The van der Waals surface area contributed by atoms with Crippen molar-refractivity contribution in [2.75, 3.05) is 5.75 Å². The number of thioether (sulfide) groups is 1. The van der Waals surface area contributed by atoms with E-state index in [1.807, 2.05) is 49.4 Å². The third-order valence-corrected chi connectivity index (χ3v) is 5.99. The van der Waals surface area contributed by atoms with Gasteiger partial charge in [-0.3, -0.25) is 25.2 Å². The number of ketones is 1. The van der Waals surface area contributed by atoms with Crippen molar-refractivity contribution in [2.45, 2.75) is 50.3 Å². The predicted molar refractivity (Wildman–Crippen MR) is 115 cm³/mol. The summed E-state index contributed by atoms with van der Waals surface area (Å²) in [4.78, 5) is 37.2. The Kier molecular flexibility index (Phi) is 7.47. The van der Waals surface area contributed by atoms with Crippen LogP contribution in [0.5, 0.6) is 0 Å². The molecule has 152 valence electrons. The van der Waals surface area contributed by atoms with Gasteiger partial charge in [0.2, 0.25) is 11.8 Å². The van der Waals surface area contributed by atoms with E-state index in [2.05, 4.69) is 10.9 Å². The zero-order valence-corrected chi connectivity index (χ0v) is 17.4. The molecule has 0 atom stereocenters. The fourth-order valence-corrected chi connectivity index (χ4v) is 4.00. The van der Waals surface area contributed by atoms with Crippen LogP contribution in [0, 0.1) is 6.92 Å². The van der Waals surface area contributed by atoms with Crippen molar-refractivity contribution in [1.29, 1.82) is 0 Å². The molecule has 0 aromatic heterocycles. The van der Waals surface area contributed by atoms with Gasteiger partial charge in [0.15, 0.2) is 5.78 Å². The van der Waals surface area contributed by atoms with E-state index in [0.29, 0.717) is 5.56 Å². The monoisotopic (exact) mass is 410 g/mol. The molecular formula is C23H26N2O3S. The summed E-state index contributed by atoms with van der Waals surface area (Å²) in [6.07, 6.45) is 4.63. The van der Waals surface area contributed by atoms with Gasteiger partial charge in [0.1, 0.15) is 0 Å². The maximum atomic E-state index is 12.4. The highest BCUT2D eigenvalue weighted by atomic mass is 32.2. The van der Waals surface area contributed by atoms with Crippen molar-refractivity contribution >= 4 is 29.4 Å². The first-order valence-corrected chi connectivity index (χ1v) is 10.9. The van der Waals surface area contributed by atoms with E-state index in [1.165, 1.54) is 29.3 Å². The molecule has 2 amide bonds. The number of nitrogens with one attached hydrogen (secondary N) is 2. The summed E-state index contributed by atoms with van der Waals surface area (Å²) in [5.74, 6) is -0.498. The van der Waals surface area contributed by atoms with Gasteiger partial charge in [-0.1, -0.05) is 29.8 Å². The van der Waals surface area contributed by atoms with E-state index in [-0.39, 0.29) is 36.2 Å². The van der Waals surface area contributed by atoms with Gasteiger partial charge in [0.25, 0.3) is 0 Å². The highest BCUT2D eigenvalue weighted by molar-refractivity contribution is 8.00. The van der Waals surface area contributed by atoms with Gasteiger partial charge in [-0.2, -0.15) is 0 Å². The van der Waals surface area contributed by atoms with Crippen LogP contribution in [0.25, 0.3) is 0 Å². The van der Waals surface area contributed by atoms with Crippen molar-refractivity contribution in [1.82, 2.24) is 10.9 Å². The second-order valence-corrected chi connectivity index (χ2v) is 8.36. The van der Waals surface area contributed by atoms with Gasteiger partial charge in [-0.25, -0.2) is 0 Å². The average molecular weight is 411 g/mol. The Hall–Kier alpha value is -2.60. The van der Waals surface area contributed by atoms with Crippen LogP contribution in [0.4, 0.5) is 0 Å². The fourth-order valence-electron chi connectivity index (χ4n) is 3.30. The standard InChI is InChI=1S/C23H26N2O3S/c1-16-6-10-20(11-7-16)29-15-23(28)25-24-22(27)13-12-21(26)19-9-8-17-4-2-3-5-18(17)14-19/h6-11,14H,2-5,12-13,15H2,1H3,(H,24,27)(H,25,28). The Morgan fingerprint density at radius 1 is 0.862 bits per heavy atom. The third kappa shape index (κ3) is 6.46. The maximum absolute atomic E-state index is 12.4. The first-order valence-electron chi connectivity index (χ1n) is 9.93. The topological polar surface area (TPSA) is 75.3 Å². The van der Waals surface area contributed by atoms with Gasteiger partial charge in [0.05, 0.1) is 5.75 Å². The Bertz CT molecular complexity index is 893. The molecule has 1 aliphatic rings. The lowest BCUT2D eigenvalue weighted by Crippen LogP contribution is -2.42. The first kappa shape index (κ1) is 21.1. The Balaban J connectivity index is 1.37. The normalized spacial score (nSPS) is 12.7. The van der Waals surface area contributed by atoms with Gasteiger partial charge < -0.3 is 0 Å². The molecule has 5 nitrogen and oxygen atoms in total. The Morgan fingerprint density at radius 3 is 2.31 bits per heavy atom. The summed E-state index contributed by atoms with van der Waals surface area (Å²) < 4.78 is 0. The van der Waals surface area contributed by atoms with E-state index in [1.54, 1.807) is 0 Å². The molecule has 2 aromatic rings. The van der Waals surface area contributed by atoms with E-state index >= 15 is 0 Å². The number of benzene rings is 2. The van der Waals surface area contributed by atoms with Crippen molar-refractivity contribution in [2.24, 2.45) is 0 Å². The number of aryl methyl sites for hydroxylation is 3. The van der Waals surface area contributed by atoms with Gasteiger partial charge in [-0.05, 0) is 61.9 Å². The van der Waals surface area contributed by atoms with Crippen LogP contribution < -0.4 is 10.9 Å².